The van der Waals surface area contributed by atoms with Gasteiger partial charge >= 0.3 is 0 Å². The Kier molecular flexibility index (Phi) is 5.26. The van der Waals surface area contributed by atoms with Crippen molar-refractivity contribution in [3.05, 3.63) is 71.9 Å². The number of likely N-dealkylation sites (N-methyl/N-ethyl adjacent to an activating group) is 1. The minimum atomic E-state index is 0.129. The summed E-state index contributed by atoms with van der Waals surface area (Å²) in [7, 11) is 1.92. The van der Waals surface area contributed by atoms with Crippen LogP contribution >= 0.6 is 0 Å². The van der Waals surface area contributed by atoms with Gasteiger partial charge in [-0.2, -0.15) is 0 Å². The van der Waals surface area contributed by atoms with Gasteiger partial charge in [0.05, 0.1) is 0 Å². The SMILES string of the molecule is CN(C(=O)Cn1ccc2c(C=N)cccc21)C1CCN(Cc2ccccc2)C1. The van der Waals surface area contributed by atoms with E-state index in [1.165, 1.54) is 11.8 Å². The van der Waals surface area contributed by atoms with E-state index in [9.17, 15) is 4.79 Å². The minimum absolute atomic E-state index is 0.129. The zero-order valence-electron chi connectivity index (χ0n) is 16.2. The molecule has 1 saturated heterocycles. The van der Waals surface area contributed by atoms with Crippen molar-refractivity contribution in [2.45, 2.75) is 25.6 Å². The summed E-state index contributed by atoms with van der Waals surface area (Å²) in [5.74, 6) is 0.129. The quantitative estimate of drug-likeness (QED) is 0.673. The van der Waals surface area contributed by atoms with Crippen molar-refractivity contribution in [1.29, 1.82) is 5.41 Å². The molecule has 1 aliphatic heterocycles. The highest BCUT2D eigenvalue weighted by molar-refractivity contribution is 5.98. The first-order valence-corrected chi connectivity index (χ1v) is 9.76. The molecule has 28 heavy (non-hydrogen) atoms. The normalized spacial score (nSPS) is 17.1. The van der Waals surface area contributed by atoms with Gasteiger partial charge < -0.3 is 14.9 Å². The summed E-state index contributed by atoms with van der Waals surface area (Å²) in [5.41, 5.74) is 3.20. The highest BCUT2D eigenvalue weighted by Gasteiger charge is 2.28. The fourth-order valence-corrected chi connectivity index (χ4v) is 4.09. The maximum atomic E-state index is 12.9. The molecule has 0 saturated carbocycles. The van der Waals surface area contributed by atoms with E-state index in [1.54, 1.807) is 0 Å². The van der Waals surface area contributed by atoms with Gasteiger partial charge in [-0.1, -0.05) is 42.5 Å². The molecule has 1 unspecified atom stereocenters. The lowest BCUT2D eigenvalue weighted by molar-refractivity contribution is -0.132. The third kappa shape index (κ3) is 3.71. The maximum Gasteiger partial charge on any atom is 0.242 e. The Morgan fingerprint density at radius 3 is 2.79 bits per heavy atom. The highest BCUT2D eigenvalue weighted by atomic mass is 16.2. The van der Waals surface area contributed by atoms with Gasteiger partial charge in [0.15, 0.2) is 0 Å². The van der Waals surface area contributed by atoms with Gasteiger partial charge in [-0.25, -0.2) is 0 Å². The summed E-state index contributed by atoms with van der Waals surface area (Å²) in [5, 5.41) is 8.56. The molecule has 1 atom stereocenters. The number of amides is 1. The van der Waals surface area contributed by atoms with Crippen LogP contribution in [-0.4, -0.2) is 52.7 Å². The molecule has 4 rings (SSSR count). The van der Waals surface area contributed by atoms with Crippen molar-refractivity contribution in [2.24, 2.45) is 0 Å². The number of hydrogen-bond donors (Lipinski definition) is 1. The Labute approximate surface area is 165 Å². The second kappa shape index (κ2) is 7.98. The average molecular weight is 374 g/mol. The molecule has 2 heterocycles. The van der Waals surface area contributed by atoms with Gasteiger partial charge in [0.25, 0.3) is 0 Å². The summed E-state index contributed by atoms with van der Waals surface area (Å²) in [6.07, 6.45) is 4.32. The maximum absolute atomic E-state index is 12.9. The molecule has 2 aromatic carbocycles. The number of carbonyl (C=O) groups is 1. The Bertz CT molecular complexity index is 979. The number of hydrogen-bond acceptors (Lipinski definition) is 3. The molecule has 0 bridgehead atoms. The molecule has 0 spiro atoms. The third-order valence-corrected chi connectivity index (χ3v) is 5.75. The van der Waals surface area contributed by atoms with Gasteiger partial charge in [0, 0.05) is 61.6 Å². The Morgan fingerprint density at radius 2 is 2.00 bits per heavy atom. The fourth-order valence-electron chi connectivity index (χ4n) is 4.09. The first kappa shape index (κ1) is 18.4. The lowest BCUT2D eigenvalue weighted by Crippen LogP contribution is -2.40. The molecule has 3 aromatic rings. The Hall–Kier alpha value is -2.92. The van der Waals surface area contributed by atoms with E-state index in [0.717, 1.165) is 42.5 Å². The number of carbonyl (C=O) groups excluding carboxylic acids is 1. The van der Waals surface area contributed by atoms with Crippen molar-refractivity contribution in [3.63, 3.8) is 0 Å². The first-order valence-electron chi connectivity index (χ1n) is 9.76. The van der Waals surface area contributed by atoms with E-state index in [4.69, 9.17) is 5.41 Å². The van der Waals surface area contributed by atoms with E-state index in [0.29, 0.717) is 6.54 Å². The van der Waals surface area contributed by atoms with Crippen LogP contribution in [0.2, 0.25) is 0 Å². The molecule has 1 aromatic heterocycles. The summed E-state index contributed by atoms with van der Waals surface area (Å²) in [6, 6.07) is 18.6. The number of nitrogens with zero attached hydrogens (tertiary/aromatic N) is 3. The van der Waals surface area contributed by atoms with Crippen molar-refractivity contribution in [3.8, 4) is 0 Å². The van der Waals surface area contributed by atoms with E-state index >= 15 is 0 Å². The minimum Gasteiger partial charge on any atom is -0.340 e. The number of aromatic nitrogens is 1. The first-order chi connectivity index (χ1) is 13.7. The fraction of sp³-hybridized carbons (Fsp3) is 0.304. The summed E-state index contributed by atoms with van der Waals surface area (Å²) < 4.78 is 1.98. The summed E-state index contributed by atoms with van der Waals surface area (Å²) in [4.78, 5) is 17.2. The van der Waals surface area contributed by atoms with Crippen LogP contribution in [0.4, 0.5) is 0 Å². The molecule has 1 aliphatic rings. The predicted molar refractivity (Wildman–Crippen MR) is 113 cm³/mol. The monoisotopic (exact) mass is 374 g/mol. The second-order valence-electron chi connectivity index (χ2n) is 7.54. The van der Waals surface area contributed by atoms with Crippen molar-refractivity contribution >= 4 is 23.0 Å². The molecule has 0 radical (unpaired) electrons. The Balaban J connectivity index is 1.40. The van der Waals surface area contributed by atoms with Crippen molar-refractivity contribution in [1.82, 2.24) is 14.4 Å². The number of benzene rings is 2. The van der Waals surface area contributed by atoms with Crippen LogP contribution in [0.15, 0.2) is 60.8 Å². The molecular formula is C23H26N4O. The van der Waals surface area contributed by atoms with Crippen LogP contribution < -0.4 is 0 Å². The number of likely N-dealkylation sites (tertiary alicyclic amines) is 1. The van der Waals surface area contributed by atoms with Crippen molar-refractivity contribution in [2.75, 3.05) is 20.1 Å². The van der Waals surface area contributed by atoms with Crippen LogP contribution in [-0.2, 0) is 17.9 Å². The predicted octanol–water partition coefficient (Wildman–Crippen LogP) is 3.37. The highest BCUT2D eigenvalue weighted by Crippen LogP contribution is 2.21. The van der Waals surface area contributed by atoms with Gasteiger partial charge in [0.1, 0.15) is 6.54 Å². The molecule has 0 aliphatic carbocycles. The van der Waals surface area contributed by atoms with Crippen LogP contribution in [0.1, 0.15) is 17.5 Å². The van der Waals surface area contributed by atoms with E-state index < -0.39 is 0 Å². The van der Waals surface area contributed by atoms with Crippen LogP contribution in [0.5, 0.6) is 0 Å². The van der Waals surface area contributed by atoms with E-state index in [2.05, 4.69) is 29.2 Å². The van der Waals surface area contributed by atoms with Gasteiger partial charge in [-0.3, -0.25) is 9.69 Å². The summed E-state index contributed by atoms with van der Waals surface area (Å²) >= 11 is 0. The molecule has 1 amide bonds. The van der Waals surface area contributed by atoms with E-state index in [1.807, 2.05) is 53.0 Å². The molecule has 1 fully saturated rings. The third-order valence-electron chi connectivity index (χ3n) is 5.75. The molecule has 1 N–H and O–H groups in total. The molecular weight excluding hydrogens is 348 g/mol. The number of nitrogens with one attached hydrogen (secondary N) is 1. The van der Waals surface area contributed by atoms with Gasteiger partial charge in [0.2, 0.25) is 5.91 Å². The average Bonchev–Trinajstić information content (AvgIpc) is 3.35. The topological polar surface area (TPSA) is 52.3 Å². The second-order valence-corrected chi connectivity index (χ2v) is 7.54. The molecule has 5 heteroatoms. The van der Waals surface area contributed by atoms with Crippen LogP contribution in [0.25, 0.3) is 10.9 Å². The lowest BCUT2D eigenvalue weighted by atomic mass is 10.1. The van der Waals surface area contributed by atoms with Crippen LogP contribution in [0, 0.1) is 5.41 Å². The standard InChI is InChI=1S/C23H26N4O/c1-25(20-10-12-26(16-20)15-18-6-3-2-4-7-18)23(28)17-27-13-11-21-19(14-24)8-5-9-22(21)27/h2-9,11,13-14,20,24H,10,12,15-17H2,1H3. The molecule has 144 valence electrons. The summed E-state index contributed by atoms with van der Waals surface area (Å²) in [6.45, 7) is 3.21. The number of rotatable bonds is 6. The largest absolute Gasteiger partial charge is 0.340 e. The zero-order valence-corrected chi connectivity index (χ0v) is 16.2. The van der Waals surface area contributed by atoms with Gasteiger partial charge in [-0.15, -0.1) is 0 Å². The Morgan fingerprint density at radius 1 is 1.18 bits per heavy atom. The smallest absolute Gasteiger partial charge is 0.242 e. The zero-order chi connectivity index (χ0) is 19.5. The number of fused-ring (bicyclic) bond motifs is 1. The lowest BCUT2D eigenvalue weighted by Gasteiger charge is -2.25. The van der Waals surface area contributed by atoms with Gasteiger partial charge in [-0.05, 0) is 24.1 Å². The van der Waals surface area contributed by atoms with Crippen LogP contribution in [0.3, 0.4) is 0 Å². The molecule has 5 nitrogen and oxygen atoms in total. The van der Waals surface area contributed by atoms with Crippen molar-refractivity contribution < 1.29 is 4.79 Å². The van der Waals surface area contributed by atoms with E-state index in [-0.39, 0.29) is 11.9 Å².